The third-order valence-corrected chi connectivity index (χ3v) is 5.98. The van der Waals surface area contributed by atoms with Gasteiger partial charge in [0.25, 0.3) is 0 Å². The van der Waals surface area contributed by atoms with Gasteiger partial charge in [0.2, 0.25) is 5.95 Å². The Hall–Kier alpha value is -3.60. The average Bonchev–Trinajstić information content (AvgIpc) is 3.05. The maximum atomic E-state index is 13.6. The first-order chi connectivity index (χ1) is 14.1. The van der Waals surface area contributed by atoms with E-state index in [1.54, 1.807) is 13.0 Å². The van der Waals surface area contributed by atoms with Crippen molar-refractivity contribution in [2.24, 2.45) is 0 Å². The maximum Gasteiger partial charge on any atom is 0.221 e. The number of hydrogen-bond donors (Lipinski definition) is 3. The SMILES string of the molecule is Cc1cc(-c2cnc(N)nc2Nc2n[nH]c3ncc(F)cc23)cc(S(C)(=O)=O)c1C. The quantitative estimate of drug-likeness (QED) is 0.452. The molecule has 0 unspecified atom stereocenters. The predicted octanol–water partition coefficient (Wildman–Crippen LogP) is 2.90. The Morgan fingerprint density at radius 3 is 2.60 bits per heavy atom. The zero-order valence-corrected chi connectivity index (χ0v) is 17.2. The monoisotopic (exact) mass is 427 g/mol. The molecule has 0 aliphatic heterocycles. The Kier molecular flexibility index (Phi) is 4.61. The van der Waals surface area contributed by atoms with Gasteiger partial charge in [0.1, 0.15) is 11.6 Å². The minimum Gasteiger partial charge on any atom is -0.368 e. The number of nitrogens with one attached hydrogen (secondary N) is 2. The number of aryl methyl sites for hydroxylation is 1. The zero-order chi connectivity index (χ0) is 21.6. The number of rotatable bonds is 4. The van der Waals surface area contributed by atoms with Gasteiger partial charge in [-0.25, -0.2) is 22.8 Å². The van der Waals surface area contributed by atoms with Gasteiger partial charge in [-0.2, -0.15) is 10.1 Å². The molecule has 9 nitrogen and oxygen atoms in total. The molecule has 0 aliphatic carbocycles. The average molecular weight is 427 g/mol. The number of benzene rings is 1. The fourth-order valence-corrected chi connectivity index (χ4v) is 4.21. The van der Waals surface area contributed by atoms with Gasteiger partial charge in [0.05, 0.1) is 16.5 Å². The van der Waals surface area contributed by atoms with Crippen LogP contribution in [0.4, 0.5) is 22.0 Å². The van der Waals surface area contributed by atoms with Crippen molar-refractivity contribution in [1.29, 1.82) is 0 Å². The van der Waals surface area contributed by atoms with Gasteiger partial charge in [0.15, 0.2) is 21.3 Å². The second-order valence-corrected chi connectivity index (χ2v) is 8.91. The number of aromatic nitrogens is 5. The lowest BCUT2D eigenvalue weighted by molar-refractivity contribution is 0.601. The Morgan fingerprint density at radius 1 is 1.10 bits per heavy atom. The topological polar surface area (TPSA) is 140 Å². The molecule has 154 valence electrons. The van der Waals surface area contributed by atoms with Crippen LogP contribution >= 0.6 is 0 Å². The first-order valence-corrected chi connectivity index (χ1v) is 10.7. The lowest BCUT2D eigenvalue weighted by Crippen LogP contribution is -2.05. The molecular weight excluding hydrogens is 409 g/mol. The molecule has 4 N–H and O–H groups in total. The Labute approximate surface area is 171 Å². The fraction of sp³-hybridized carbons (Fsp3) is 0.158. The largest absolute Gasteiger partial charge is 0.368 e. The lowest BCUT2D eigenvalue weighted by Gasteiger charge is -2.14. The molecule has 0 amide bonds. The summed E-state index contributed by atoms with van der Waals surface area (Å²) in [6.07, 6.45) is 3.74. The number of H-pyrrole nitrogens is 1. The number of nitrogen functional groups attached to an aromatic ring is 1. The number of nitrogens with two attached hydrogens (primary N) is 1. The van der Waals surface area contributed by atoms with Crippen molar-refractivity contribution >= 4 is 38.5 Å². The normalized spacial score (nSPS) is 11.7. The van der Waals surface area contributed by atoms with E-state index in [0.717, 1.165) is 18.0 Å². The van der Waals surface area contributed by atoms with Gasteiger partial charge in [-0.3, -0.25) is 5.10 Å². The summed E-state index contributed by atoms with van der Waals surface area (Å²) in [5.74, 6) is 0.0882. The molecule has 3 aromatic heterocycles. The van der Waals surface area contributed by atoms with E-state index in [1.807, 2.05) is 13.0 Å². The van der Waals surface area contributed by atoms with E-state index in [4.69, 9.17) is 5.73 Å². The minimum atomic E-state index is -3.44. The van der Waals surface area contributed by atoms with Crippen LogP contribution in [0.1, 0.15) is 11.1 Å². The minimum absolute atomic E-state index is 0.0116. The number of hydrogen-bond acceptors (Lipinski definition) is 8. The van der Waals surface area contributed by atoms with Gasteiger partial charge in [-0.05, 0) is 42.7 Å². The van der Waals surface area contributed by atoms with Crippen molar-refractivity contribution in [1.82, 2.24) is 25.1 Å². The molecular formula is C19H18FN7O2S. The molecule has 0 bridgehead atoms. The van der Waals surface area contributed by atoms with Crippen LogP contribution in [0.2, 0.25) is 0 Å². The first-order valence-electron chi connectivity index (χ1n) is 8.84. The van der Waals surface area contributed by atoms with Crippen LogP contribution in [-0.4, -0.2) is 39.8 Å². The third-order valence-electron chi connectivity index (χ3n) is 4.76. The van der Waals surface area contributed by atoms with E-state index in [1.165, 1.54) is 12.3 Å². The standard InChI is InChI=1S/C19H18FN7O2S/c1-9-4-11(5-15(10(9)2)30(3,28)29)14-8-23-19(21)25-17(14)24-18-13-6-12(20)7-22-16(13)26-27-18/h4-8H,1-3H3,(H4,21,22,23,24,25,26,27). The van der Waals surface area contributed by atoms with Crippen LogP contribution in [0, 0.1) is 19.7 Å². The molecule has 0 saturated carbocycles. The molecule has 4 rings (SSSR count). The smallest absolute Gasteiger partial charge is 0.221 e. The molecule has 0 atom stereocenters. The summed E-state index contributed by atoms with van der Waals surface area (Å²) >= 11 is 0. The lowest BCUT2D eigenvalue weighted by atomic mass is 10.0. The number of sulfone groups is 1. The summed E-state index contributed by atoms with van der Waals surface area (Å²) in [5, 5.41) is 10.3. The molecule has 0 saturated heterocycles. The Balaban J connectivity index is 1.88. The van der Waals surface area contributed by atoms with Gasteiger partial charge in [0, 0.05) is 18.0 Å². The summed E-state index contributed by atoms with van der Waals surface area (Å²) in [6.45, 7) is 3.58. The highest BCUT2D eigenvalue weighted by Crippen LogP contribution is 2.33. The number of fused-ring (bicyclic) bond motifs is 1. The van der Waals surface area contributed by atoms with E-state index < -0.39 is 15.7 Å². The second kappa shape index (κ2) is 7.02. The summed E-state index contributed by atoms with van der Waals surface area (Å²) in [7, 11) is -3.44. The van der Waals surface area contributed by atoms with Crippen molar-refractivity contribution < 1.29 is 12.8 Å². The second-order valence-electron chi connectivity index (χ2n) is 6.93. The van der Waals surface area contributed by atoms with Crippen LogP contribution in [0.3, 0.4) is 0 Å². The summed E-state index contributed by atoms with van der Waals surface area (Å²) in [4.78, 5) is 12.4. The highest BCUT2D eigenvalue weighted by molar-refractivity contribution is 7.90. The molecule has 30 heavy (non-hydrogen) atoms. The third kappa shape index (κ3) is 3.54. The van der Waals surface area contributed by atoms with Crippen LogP contribution < -0.4 is 11.1 Å². The van der Waals surface area contributed by atoms with Crippen molar-refractivity contribution in [2.45, 2.75) is 18.7 Å². The van der Waals surface area contributed by atoms with E-state index in [2.05, 4.69) is 30.5 Å². The molecule has 11 heteroatoms. The van der Waals surface area contributed by atoms with Crippen LogP contribution in [0.5, 0.6) is 0 Å². The van der Waals surface area contributed by atoms with E-state index in [0.29, 0.717) is 39.4 Å². The first kappa shape index (κ1) is 19.7. The Bertz CT molecular complexity index is 1400. The molecule has 0 fully saturated rings. The summed E-state index contributed by atoms with van der Waals surface area (Å²) in [5.41, 5.74) is 8.73. The molecule has 0 radical (unpaired) electrons. The predicted molar refractivity (Wildman–Crippen MR) is 112 cm³/mol. The van der Waals surface area contributed by atoms with Gasteiger partial charge in [-0.1, -0.05) is 6.07 Å². The summed E-state index contributed by atoms with van der Waals surface area (Å²) < 4.78 is 38.1. The number of halogens is 1. The van der Waals surface area contributed by atoms with E-state index >= 15 is 0 Å². The van der Waals surface area contributed by atoms with Gasteiger partial charge >= 0.3 is 0 Å². The van der Waals surface area contributed by atoms with Crippen LogP contribution in [-0.2, 0) is 9.84 Å². The van der Waals surface area contributed by atoms with E-state index in [9.17, 15) is 12.8 Å². The van der Waals surface area contributed by atoms with Crippen LogP contribution in [0.15, 0.2) is 35.5 Å². The zero-order valence-electron chi connectivity index (χ0n) is 16.4. The number of anilines is 3. The van der Waals surface area contributed by atoms with Crippen molar-refractivity contribution in [2.75, 3.05) is 17.3 Å². The molecule has 3 heterocycles. The highest BCUT2D eigenvalue weighted by atomic mass is 32.2. The van der Waals surface area contributed by atoms with E-state index in [-0.39, 0.29) is 10.8 Å². The van der Waals surface area contributed by atoms with Crippen molar-refractivity contribution in [3.8, 4) is 11.1 Å². The maximum absolute atomic E-state index is 13.6. The van der Waals surface area contributed by atoms with Gasteiger partial charge < -0.3 is 11.1 Å². The van der Waals surface area contributed by atoms with Crippen molar-refractivity contribution in [3.05, 3.63) is 47.5 Å². The number of aromatic amines is 1. The number of pyridine rings is 1. The molecule has 0 aliphatic rings. The highest BCUT2D eigenvalue weighted by Gasteiger charge is 2.18. The fourth-order valence-electron chi connectivity index (χ4n) is 3.16. The van der Waals surface area contributed by atoms with Crippen molar-refractivity contribution in [3.63, 3.8) is 0 Å². The molecule has 0 spiro atoms. The summed E-state index contributed by atoms with van der Waals surface area (Å²) in [6, 6.07) is 4.70. The number of nitrogens with zero attached hydrogens (tertiary/aromatic N) is 4. The molecule has 1 aromatic carbocycles. The van der Waals surface area contributed by atoms with Crippen LogP contribution in [0.25, 0.3) is 22.2 Å². The Morgan fingerprint density at radius 2 is 1.87 bits per heavy atom. The molecule has 4 aromatic rings. The van der Waals surface area contributed by atoms with Gasteiger partial charge in [-0.15, -0.1) is 0 Å².